The molecule has 0 saturated heterocycles. The molecule has 0 radical (unpaired) electrons. The van der Waals surface area contributed by atoms with Gasteiger partial charge in [-0.1, -0.05) is 13.8 Å². The number of nitrogens with one attached hydrogen (secondary N) is 1. The number of thiophene rings is 1. The quantitative estimate of drug-likeness (QED) is 0.737. The Bertz CT molecular complexity index is 329. The average molecular weight is 320 g/mol. The van der Waals surface area contributed by atoms with Crippen molar-refractivity contribution in [2.45, 2.75) is 26.7 Å². The van der Waals surface area contributed by atoms with Crippen LogP contribution in [0.4, 0.5) is 0 Å². The number of ether oxygens (including phenoxy) is 1. The van der Waals surface area contributed by atoms with Crippen molar-refractivity contribution in [2.24, 2.45) is 5.41 Å². The SMILES string of the molecule is CCC(C)(CNCCOC)Cc1cc(Br)cs1. The largest absolute Gasteiger partial charge is 0.383 e. The lowest BCUT2D eigenvalue weighted by atomic mass is 9.83. The summed E-state index contributed by atoms with van der Waals surface area (Å²) in [6.45, 7) is 7.37. The van der Waals surface area contributed by atoms with Crippen LogP contribution in [-0.2, 0) is 11.2 Å². The van der Waals surface area contributed by atoms with Gasteiger partial charge in [-0.05, 0) is 40.3 Å². The van der Waals surface area contributed by atoms with E-state index in [0.717, 1.165) is 26.1 Å². The van der Waals surface area contributed by atoms with Gasteiger partial charge < -0.3 is 10.1 Å². The van der Waals surface area contributed by atoms with Crippen molar-refractivity contribution in [3.63, 3.8) is 0 Å². The van der Waals surface area contributed by atoms with Crippen molar-refractivity contribution in [3.8, 4) is 0 Å². The first-order valence-corrected chi connectivity index (χ1v) is 7.69. The third kappa shape index (κ3) is 5.51. The number of hydrogen-bond acceptors (Lipinski definition) is 3. The third-order valence-electron chi connectivity index (χ3n) is 3.11. The molecule has 0 aliphatic carbocycles. The maximum atomic E-state index is 5.05. The summed E-state index contributed by atoms with van der Waals surface area (Å²) in [4.78, 5) is 1.45. The summed E-state index contributed by atoms with van der Waals surface area (Å²) < 4.78 is 6.24. The Morgan fingerprint density at radius 3 is 2.82 bits per heavy atom. The van der Waals surface area contributed by atoms with E-state index in [-0.39, 0.29) is 0 Å². The summed E-state index contributed by atoms with van der Waals surface area (Å²) in [5.41, 5.74) is 0.331. The first kappa shape index (κ1) is 15.2. The maximum Gasteiger partial charge on any atom is 0.0587 e. The van der Waals surface area contributed by atoms with Crippen LogP contribution in [0.2, 0.25) is 0 Å². The smallest absolute Gasteiger partial charge is 0.0587 e. The number of halogens is 1. The molecule has 0 saturated carbocycles. The lowest BCUT2D eigenvalue weighted by molar-refractivity contribution is 0.191. The zero-order valence-electron chi connectivity index (χ0n) is 10.9. The van der Waals surface area contributed by atoms with Gasteiger partial charge in [0.2, 0.25) is 0 Å². The molecule has 0 fully saturated rings. The molecule has 1 unspecified atom stereocenters. The summed E-state index contributed by atoms with van der Waals surface area (Å²) in [5.74, 6) is 0. The molecular weight excluding hydrogens is 298 g/mol. The Kier molecular flexibility index (Phi) is 6.70. The van der Waals surface area contributed by atoms with Gasteiger partial charge >= 0.3 is 0 Å². The van der Waals surface area contributed by atoms with E-state index in [1.807, 2.05) is 11.3 Å². The molecule has 1 atom stereocenters. The molecule has 2 nitrogen and oxygen atoms in total. The van der Waals surface area contributed by atoms with Gasteiger partial charge in [-0.2, -0.15) is 0 Å². The lowest BCUT2D eigenvalue weighted by Gasteiger charge is -2.28. The molecule has 1 aromatic heterocycles. The third-order valence-corrected chi connectivity index (χ3v) is 4.81. The molecule has 1 heterocycles. The molecular formula is C13H22BrNOS. The van der Waals surface area contributed by atoms with Crippen molar-refractivity contribution < 1.29 is 4.74 Å². The van der Waals surface area contributed by atoms with Crippen LogP contribution in [0.25, 0.3) is 0 Å². The van der Waals surface area contributed by atoms with Gasteiger partial charge in [0.1, 0.15) is 0 Å². The molecule has 1 N–H and O–H groups in total. The monoisotopic (exact) mass is 319 g/mol. The van der Waals surface area contributed by atoms with E-state index in [2.05, 4.69) is 46.5 Å². The topological polar surface area (TPSA) is 21.3 Å². The molecule has 0 bridgehead atoms. The highest BCUT2D eigenvalue weighted by molar-refractivity contribution is 9.10. The highest BCUT2D eigenvalue weighted by Gasteiger charge is 2.22. The van der Waals surface area contributed by atoms with E-state index in [4.69, 9.17) is 4.74 Å². The highest BCUT2D eigenvalue weighted by Crippen LogP contribution is 2.30. The van der Waals surface area contributed by atoms with Gasteiger partial charge in [-0.3, -0.25) is 0 Å². The molecule has 0 spiro atoms. The standard InChI is InChI=1S/C13H22BrNOS/c1-4-13(2,10-15-5-6-16-3)8-12-7-11(14)9-17-12/h7,9,15H,4-6,8,10H2,1-3H3. The fraction of sp³-hybridized carbons (Fsp3) is 0.692. The molecule has 17 heavy (non-hydrogen) atoms. The Balaban J connectivity index is 2.44. The van der Waals surface area contributed by atoms with Crippen molar-refractivity contribution in [1.82, 2.24) is 5.32 Å². The zero-order chi connectivity index (χ0) is 12.7. The van der Waals surface area contributed by atoms with E-state index in [1.54, 1.807) is 7.11 Å². The zero-order valence-corrected chi connectivity index (χ0v) is 13.3. The second-order valence-electron chi connectivity index (χ2n) is 4.74. The van der Waals surface area contributed by atoms with E-state index < -0.39 is 0 Å². The number of hydrogen-bond donors (Lipinski definition) is 1. The predicted octanol–water partition coefficient (Wildman–Crippen LogP) is 3.71. The van der Waals surface area contributed by atoms with Gasteiger partial charge in [0.25, 0.3) is 0 Å². The molecule has 1 aromatic rings. The molecule has 0 amide bonds. The maximum absolute atomic E-state index is 5.05. The molecule has 0 aliphatic heterocycles. The van der Waals surface area contributed by atoms with Crippen molar-refractivity contribution in [1.29, 1.82) is 0 Å². The van der Waals surface area contributed by atoms with Crippen LogP contribution in [0.5, 0.6) is 0 Å². The molecule has 98 valence electrons. The minimum atomic E-state index is 0.331. The van der Waals surface area contributed by atoms with Gasteiger partial charge in [0, 0.05) is 34.9 Å². The van der Waals surface area contributed by atoms with Gasteiger partial charge in [-0.15, -0.1) is 11.3 Å². The molecule has 0 aromatic carbocycles. The Labute approximate surface area is 117 Å². The van der Waals surface area contributed by atoms with E-state index >= 15 is 0 Å². The van der Waals surface area contributed by atoms with Crippen molar-refractivity contribution >= 4 is 27.3 Å². The van der Waals surface area contributed by atoms with Crippen LogP contribution in [0.1, 0.15) is 25.1 Å². The van der Waals surface area contributed by atoms with Crippen LogP contribution in [-0.4, -0.2) is 26.8 Å². The summed E-state index contributed by atoms with van der Waals surface area (Å²) in [5, 5.41) is 5.63. The molecule has 1 rings (SSSR count). The van der Waals surface area contributed by atoms with Gasteiger partial charge in [0.15, 0.2) is 0 Å². The number of rotatable bonds is 8. The molecule has 4 heteroatoms. The Morgan fingerprint density at radius 1 is 1.53 bits per heavy atom. The van der Waals surface area contributed by atoms with E-state index in [0.29, 0.717) is 5.41 Å². The summed E-state index contributed by atoms with van der Waals surface area (Å²) in [6.07, 6.45) is 2.32. The normalized spacial score (nSPS) is 14.8. The van der Waals surface area contributed by atoms with Crippen LogP contribution >= 0.6 is 27.3 Å². The number of methoxy groups -OCH3 is 1. The average Bonchev–Trinajstić information content (AvgIpc) is 2.70. The Hall–Kier alpha value is 0.1000. The first-order chi connectivity index (χ1) is 8.09. The summed E-state index contributed by atoms with van der Waals surface area (Å²) in [6, 6.07) is 2.23. The predicted molar refractivity (Wildman–Crippen MR) is 78.9 cm³/mol. The van der Waals surface area contributed by atoms with Crippen molar-refractivity contribution in [3.05, 3.63) is 20.8 Å². The van der Waals surface area contributed by atoms with Crippen LogP contribution in [0.15, 0.2) is 15.9 Å². The van der Waals surface area contributed by atoms with Gasteiger partial charge in [-0.25, -0.2) is 0 Å². The summed E-state index contributed by atoms with van der Waals surface area (Å²) >= 11 is 5.35. The second kappa shape index (κ2) is 7.52. The van der Waals surface area contributed by atoms with Crippen LogP contribution in [0, 0.1) is 5.41 Å². The second-order valence-corrected chi connectivity index (χ2v) is 6.65. The fourth-order valence-electron chi connectivity index (χ4n) is 1.74. The first-order valence-electron chi connectivity index (χ1n) is 6.02. The highest BCUT2D eigenvalue weighted by atomic mass is 79.9. The van der Waals surface area contributed by atoms with Crippen LogP contribution in [0.3, 0.4) is 0 Å². The lowest BCUT2D eigenvalue weighted by Crippen LogP contribution is -2.34. The van der Waals surface area contributed by atoms with E-state index in [1.165, 1.54) is 15.8 Å². The van der Waals surface area contributed by atoms with Gasteiger partial charge in [0.05, 0.1) is 6.61 Å². The van der Waals surface area contributed by atoms with E-state index in [9.17, 15) is 0 Å². The summed E-state index contributed by atoms with van der Waals surface area (Å²) in [7, 11) is 1.74. The van der Waals surface area contributed by atoms with Crippen LogP contribution < -0.4 is 5.32 Å². The Morgan fingerprint density at radius 2 is 2.29 bits per heavy atom. The fourth-order valence-corrected chi connectivity index (χ4v) is 3.41. The van der Waals surface area contributed by atoms with Crippen molar-refractivity contribution in [2.75, 3.05) is 26.8 Å². The molecule has 0 aliphatic rings. The minimum Gasteiger partial charge on any atom is -0.383 e. The minimum absolute atomic E-state index is 0.331.